The van der Waals surface area contributed by atoms with Crippen molar-refractivity contribution < 1.29 is 10.0 Å². The molecule has 1 amide bonds. The fourth-order valence-electron chi connectivity index (χ4n) is 0.877. The number of rotatable bonds is 1. The number of likely N-dealkylation sites (N-methyl/N-ethyl adjacent to an activating group) is 1. The third kappa shape index (κ3) is 2.56. The molecular weight excluding hydrogens is 182 g/mol. The molecule has 0 aliphatic carbocycles. The summed E-state index contributed by atoms with van der Waals surface area (Å²) in [6.07, 6.45) is 0. The summed E-state index contributed by atoms with van der Waals surface area (Å²) < 4.78 is 0. The molecular formula is C9H11N3O2. The van der Waals surface area contributed by atoms with E-state index in [1.807, 2.05) is 6.07 Å². The van der Waals surface area contributed by atoms with Crippen molar-refractivity contribution in [1.82, 2.24) is 10.8 Å². The lowest BCUT2D eigenvalue weighted by atomic mass is 10.3. The maximum atomic E-state index is 11.1. The van der Waals surface area contributed by atoms with Crippen LogP contribution in [0, 0.1) is 0 Å². The van der Waals surface area contributed by atoms with Crippen molar-refractivity contribution in [3.8, 4) is 0 Å². The molecule has 0 aliphatic rings. The molecule has 1 rings (SSSR count). The van der Waals surface area contributed by atoms with Gasteiger partial charge in [0, 0.05) is 7.05 Å². The van der Waals surface area contributed by atoms with E-state index in [1.165, 1.54) is 7.05 Å². The van der Waals surface area contributed by atoms with Crippen LogP contribution in [0.2, 0.25) is 0 Å². The summed E-state index contributed by atoms with van der Waals surface area (Å²) in [7, 11) is 1.46. The number of para-hydroxylation sites is 1. The third-order valence-corrected chi connectivity index (χ3v) is 1.55. The number of carbonyl (C=O) groups is 1. The normalized spacial score (nSPS) is 10.9. The van der Waals surface area contributed by atoms with E-state index in [-0.39, 0.29) is 5.84 Å². The molecule has 3 N–H and O–H groups in total. The minimum absolute atomic E-state index is 0.140. The fraction of sp³-hybridized carbons (Fsp3) is 0.111. The van der Waals surface area contributed by atoms with Gasteiger partial charge in [0.2, 0.25) is 5.84 Å². The molecule has 0 atom stereocenters. The van der Waals surface area contributed by atoms with Crippen LogP contribution < -0.4 is 10.8 Å². The molecule has 1 aromatic carbocycles. The van der Waals surface area contributed by atoms with Crippen LogP contribution in [-0.2, 0) is 4.79 Å². The molecule has 0 heterocycles. The Labute approximate surface area is 81.4 Å². The number of benzene rings is 1. The second-order valence-corrected chi connectivity index (χ2v) is 2.49. The maximum Gasteiger partial charge on any atom is 0.288 e. The topological polar surface area (TPSA) is 73.7 Å². The number of hydrogen-bond acceptors (Lipinski definition) is 3. The Hall–Kier alpha value is -1.88. The second kappa shape index (κ2) is 4.98. The van der Waals surface area contributed by atoms with Gasteiger partial charge in [0.15, 0.2) is 0 Å². The van der Waals surface area contributed by atoms with Crippen LogP contribution in [0.25, 0.3) is 0 Å². The van der Waals surface area contributed by atoms with Gasteiger partial charge in [-0.1, -0.05) is 18.2 Å². The molecule has 1 aromatic rings. The van der Waals surface area contributed by atoms with Gasteiger partial charge in [0.1, 0.15) is 0 Å². The lowest BCUT2D eigenvalue weighted by molar-refractivity contribution is -0.114. The number of hydroxylamine groups is 1. The van der Waals surface area contributed by atoms with E-state index in [1.54, 1.807) is 29.7 Å². The lowest BCUT2D eigenvalue weighted by Crippen LogP contribution is -2.36. The van der Waals surface area contributed by atoms with E-state index in [0.29, 0.717) is 5.69 Å². The van der Waals surface area contributed by atoms with Crippen LogP contribution in [0.15, 0.2) is 35.3 Å². The van der Waals surface area contributed by atoms with Gasteiger partial charge >= 0.3 is 0 Å². The highest BCUT2D eigenvalue weighted by Gasteiger charge is 2.07. The molecule has 5 nitrogen and oxygen atoms in total. The van der Waals surface area contributed by atoms with Crippen LogP contribution in [0.3, 0.4) is 0 Å². The van der Waals surface area contributed by atoms with Crippen LogP contribution in [0.4, 0.5) is 5.69 Å². The average molecular weight is 193 g/mol. The van der Waals surface area contributed by atoms with Crippen molar-refractivity contribution in [3.05, 3.63) is 30.3 Å². The zero-order chi connectivity index (χ0) is 10.4. The quantitative estimate of drug-likeness (QED) is 0.344. The number of hydrogen-bond donors (Lipinski definition) is 3. The van der Waals surface area contributed by atoms with Crippen molar-refractivity contribution in [2.75, 3.05) is 7.05 Å². The smallest absolute Gasteiger partial charge is 0.288 e. The molecule has 0 aromatic heterocycles. The first-order valence-electron chi connectivity index (χ1n) is 4.04. The second-order valence-electron chi connectivity index (χ2n) is 2.49. The summed E-state index contributed by atoms with van der Waals surface area (Å²) >= 11 is 0. The first-order valence-corrected chi connectivity index (χ1v) is 4.04. The minimum Gasteiger partial charge on any atom is -0.352 e. The van der Waals surface area contributed by atoms with Crippen molar-refractivity contribution in [3.63, 3.8) is 0 Å². The molecule has 0 bridgehead atoms. The fourth-order valence-corrected chi connectivity index (χ4v) is 0.877. The minimum atomic E-state index is -0.476. The van der Waals surface area contributed by atoms with E-state index in [9.17, 15) is 4.79 Å². The predicted molar refractivity (Wildman–Crippen MR) is 52.5 cm³/mol. The number of carbonyl (C=O) groups excluding carboxylic acids is 1. The van der Waals surface area contributed by atoms with E-state index in [4.69, 9.17) is 5.21 Å². The van der Waals surface area contributed by atoms with E-state index >= 15 is 0 Å². The van der Waals surface area contributed by atoms with Gasteiger partial charge in [0.25, 0.3) is 5.91 Å². The van der Waals surface area contributed by atoms with Crippen molar-refractivity contribution in [2.45, 2.75) is 0 Å². The largest absolute Gasteiger partial charge is 0.352 e. The van der Waals surface area contributed by atoms with Gasteiger partial charge in [0.05, 0.1) is 5.69 Å². The molecule has 0 spiro atoms. The van der Waals surface area contributed by atoms with Gasteiger partial charge in [-0.15, -0.1) is 0 Å². The Morgan fingerprint density at radius 3 is 2.50 bits per heavy atom. The number of nitrogens with zero attached hydrogens (tertiary/aromatic N) is 1. The number of amidine groups is 1. The average Bonchev–Trinajstić information content (AvgIpc) is 2.26. The molecule has 14 heavy (non-hydrogen) atoms. The summed E-state index contributed by atoms with van der Waals surface area (Å²) in [4.78, 5) is 15.0. The van der Waals surface area contributed by atoms with Gasteiger partial charge < -0.3 is 5.32 Å². The highest BCUT2D eigenvalue weighted by Crippen LogP contribution is 2.09. The standard InChI is InChI=1S/C9H11N3O2/c1-10-9(13)8(12-14)11-7-5-3-2-4-6-7/h2-6,14H,1H3,(H,10,13)(H,11,12). The first kappa shape index (κ1) is 10.2. The zero-order valence-corrected chi connectivity index (χ0v) is 7.69. The molecule has 0 aliphatic heterocycles. The van der Waals surface area contributed by atoms with Crippen LogP contribution in [0.1, 0.15) is 0 Å². The SMILES string of the molecule is CNC(=O)C(=Nc1ccccc1)NO. The maximum absolute atomic E-state index is 11.1. The van der Waals surface area contributed by atoms with E-state index in [0.717, 1.165) is 0 Å². The Bertz CT molecular complexity index is 335. The number of nitrogens with one attached hydrogen (secondary N) is 2. The van der Waals surface area contributed by atoms with Gasteiger partial charge in [-0.3, -0.25) is 10.0 Å². The monoisotopic (exact) mass is 193 g/mol. The first-order chi connectivity index (χ1) is 6.77. The predicted octanol–water partition coefficient (Wildman–Crippen LogP) is 0.441. The summed E-state index contributed by atoms with van der Waals surface area (Å²) in [5.41, 5.74) is 2.33. The van der Waals surface area contributed by atoms with Gasteiger partial charge in [-0.25, -0.2) is 10.5 Å². The lowest BCUT2D eigenvalue weighted by Gasteiger charge is -2.02. The zero-order valence-electron chi connectivity index (χ0n) is 7.69. The number of amides is 1. The Balaban J connectivity index is 2.89. The van der Waals surface area contributed by atoms with E-state index < -0.39 is 5.91 Å². The van der Waals surface area contributed by atoms with Gasteiger partial charge in [-0.05, 0) is 12.1 Å². The Morgan fingerprint density at radius 2 is 2.00 bits per heavy atom. The van der Waals surface area contributed by atoms with Crippen LogP contribution in [0.5, 0.6) is 0 Å². The molecule has 0 fully saturated rings. The molecule has 0 saturated carbocycles. The van der Waals surface area contributed by atoms with Crippen LogP contribution in [-0.4, -0.2) is 24.0 Å². The van der Waals surface area contributed by atoms with Crippen molar-refractivity contribution in [2.24, 2.45) is 4.99 Å². The van der Waals surface area contributed by atoms with Crippen molar-refractivity contribution in [1.29, 1.82) is 0 Å². The Kier molecular flexibility index (Phi) is 3.63. The molecule has 0 unspecified atom stereocenters. The van der Waals surface area contributed by atoms with Gasteiger partial charge in [-0.2, -0.15) is 0 Å². The molecule has 0 saturated heterocycles. The summed E-state index contributed by atoms with van der Waals surface area (Å²) in [6.45, 7) is 0. The Morgan fingerprint density at radius 1 is 1.36 bits per heavy atom. The van der Waals surface area contributed by atoms with E-state index in [2.05, 4.69) is 10.3 Å². The molecule has 74 valence electrons. The summed E-state index contributed by atoms with van der Waals surface area (Å²) in [5.74, 6) is -0.616. The third-order valence-electron chi connectivity index (χ3n) is 1.55. The molecule has 0 radical (unpaired) electrons. The summed E-state index contributed by atoms with van der Waals surface area (Å²) in [5, 5.41) is 11.0. The summed E-state index contributed by atoms with van der Waals surface area (Å²) in [6, 6.07) is 8.86. The van der Waals surface area contributed by atoms with Crippen molar-refractivity contribution >= 4 is 17.4 Å². The highest BCUT2D eigenvalue weighted by atomic mass is 16.5. The number of aliphatic imine (C=N–C) groups is 1. The van der Waals surface area contributed by atoms with Crippen LogP contribution >= 0.6 is 0 Å². The highest BCUT2D eigenvalue weighted by molar-refractivity contribution is 6.37. The molecule has 5 heteroatoms.